The van der Waals surface area contributed by atoms with Crippen LogP contribution in [0.25, 0.3) is 0 Å². The minimum Gasteiger partial charge on any atom is -0.230 e. The van der Waals surface area contributed by atoms with Gasteiger partial charge >= 0.3 is 35.5 Å². The molecule has 0 bridgehead atoms. The third-order valence-corrected chi connectivity index (χ3v) is 3.22. The summed E-state index contributed by atoms with van der Waals surface area (Å²) in [5.74, 6) is -29.1. The molecule has 1 aliphatic carbocycles. The fraction of sp³-hybridized carbons (Fsp3) is 1.00. The van der Waals surface area contributed by atoms with E-state index in [0.29, 0.717) is 0 Å². The van der Waals surface area contributed by atoms with E-state index in [9.17, 15) is 57.1 Å². The lowest BCUT2D eigenvalue weighted by atomic mass is 9.67. The van der Waals surface area contributed by atoms with Crippen molar-refractivity contribution >= 4 is 0 Å². The fourth-order valence-corrected chi connectivity index (χ4v) is 1.77. The maximum atomic E-state index is 13.2. The number of alkyl halides is 13. The van der Waals surface area contributed by atoms with Gasteiger partial charge < -0.3 is 0 Å². The molecule has 0 spiro atoms. The third-order valence-electron chi connectivity index (χ3n) is 3.22. The highest BCUT2D eigenvalue weighted by atomic mass is 19.4. The van der Waals surface area contributed by atoms with Crippen LogP contribution in [0.4, 0.5) is 57.1 Å². The first-order valence-electron chi connectivity index (χ1n) is 4.71. The Bertz CT molecular complexity index is 412. The molecule has 1 aliphatic rings. The Balaban J connectivity index is 3.93. The highest BCUT2D eigenvalue weighted by molar-refractivity contribution is 5.30. The maximum absolute atomic E-state index is 13.2. The molecule has 0 aromatic carbocycles. The van der Waals surface area contributed by atoms with Gasteiger partial charge in [0.05, 0.1) is 0 Å². The zero-order chi connectivity index (χ0) is 17.5. The number of hydrogen-bond donors (Lipinski definition) is 0. The van der Waals surface area contributed by atoms with Crippen molar-refractivity contribution in [2.45, 2.75) is 48.1 Å². The molecule has 1 rings (SSSR count). The van der Waals surface area contributed by atoms with Gasteiger partial charge in [-0.25, -0.2) is 8.78 Å². The van der Waals surface area contributed by atoms with Crippen molar-refractivity contribution in [2.75, 3.05) is 0 Å². The predicted octanol–water partition coefficient (Wildman–Crippen LogP) is 4.54. The highest BCUT2D eigenvalue weighted by Crippen LogP contribution is 2.71. The van der Waals surface area contributed by atoms with Gasteiger partial charge in [-0.2, -0.15) is 48.3 Å². The zero-order valence-corrected chi connectivity index (χ0v) is 9.41. The third kappa shape index (κ3) is 1.45. The van der Waals surface area contributed by atoms with Crippen LogP contribution < -0.4 is 0 Å². The molecule has 0 saturated heterocycles. The average Bonchev–Trinajstić information content (AvgIpc) is 2.23. The molecule has 1 saturated carbocycles. The molecule has 0 aliphatic heterocycles. The molecular formula is C8H3F13. The summed E-state index contributed by atoms with van der Waals surface area (Å²) in [5, 5.41) is 0. The second kappa shape index (κ2) is 3.70. The van der Waals surface area contributed by atoms with Crippen LogP contribution in [0.5, 0.6) is 0 Å². The fourth-order valence-electron chi connectivity index (χ4n) is 1.77. The van der Waals surface area contributed by atoms with Gasteiger partial charge in [-0.15, -0.1) is 0 Å². The van der Waals surface area contributed by atoms with Crippen molar-refractivity contribution in [3.63, 3.8) is 0 Å². The smallest absolute Gasteiger partial charge is 0.230 e. The molecule has 0 N–H and O–H groups in total. The topological polar surface area (TPSA) is 0 Å². The molecule has 0 amide bonds. The lowest BCUT2D eigenvalue weighted by Gasteiger charge is -2.54. The monoisotopic (exact) mass is 346 g/mol. The molecule has 21 heavy (non-hydrogen) atoms. The predicted molar refractivity (Wildman–Crippen MR) is 39.2 cm³/mol. The summed E-state index contributed by atoms with van der Waals surface area (Å²) in [6, 6.07) is 0. The Morgan fingerprint density at radius 2 is 0.762 bits per heavy atom. The van der Waals surface area contributed by atoms with E-state index in [2.05, 4.69) is 0 Å². The van der Waals surface area contributed by atoms with E-state index < -0.39 is 48.1 Å². The van der Waals surface area contributed by atoms with Crippen LogP contribution in [0.3, 0.4) is 0 Å². The van der Waals surface area contributed by atoms with Gasteiger partial charge in [0.15, 0.2) is 0 Å². The summed E-state index contributed by atoms with van der Waals surface area (Å²) in [5.41, 5.74) is -13.8. The van der Waals surface area contributed by atoms with Gasteiger partial charge in [-0.3, -0.25) is 0 Å². The van der Waals surface area contributed by atoms with E-state index in [0.717, 1.165) is 0 Å². The minimum atomic E-state index is -7.68. The molecule has 0 nitrogen and oxygen atoms in total. The van der Waals surface area contributed by atoms with Crippen molar-refractivity contribution in [3.8, 4) is 0 Å². The van der Waals surface area contributed by atoms with Crippen molar-refractivity contribution in [2.24, 2.45) is 0 Å². The summed E-state index contributed by atoms with van der Waals surface area (Å²) in [7, 11) is 0. The van der Waals surface area contributed by atoms with E-state index in [4.69, 9.17) is 0 Å². The Morgan fingerprint density at radius 3 is 0.952 bits per heavy atom. The largest absolute Gasteiger partial charge is 0.435 e. The first kappa shape index (κ1) is 18.1. The van der Waals surface area contributed by atoms with Crippen LogP contribution in [-0.2, 0) is 0 Å². The van der Waals surface area contributed by atoms with Crippen LogP contribution >= 0.6 is 0 Å². The van der Waals surface area contributed by atoms with Gasteiger partial charge in [0.25, 0.3) is 0 Å². The van der Waals surface area contributed by atoms with Crippen LogP contribution in [0.2, 0.25) is 0 Å². The summed E-state index contributed by atoms with van der Waals surface area (Å²) < 4.78 is 166. The quantitative estimate of drug-likeness (QED) is 0.565. The molecular weight excluding hydrogens is 343 g/mol. The maximum Gasteiger partial charge on any atom is 0.435 e. The first-order valence-corrected chi connectivity index (χ1v) is 4.71. The lowest BCUT2D eigenvalue weighted by Crippen LogP contribution is -2.87. The van der Waals surface area contributed by atoms with Crippen LogP contribution in [0.15, 0.2) is 0 Å². The van der Waals surface area contributed by atoms with Gasteiger partial charge in [0.1, 0.15) is 0 Å². The molecule has 1 fully saturated rings. The number of halogens is 13. The molecule has 0 atom stereocenters. The minimum absolute atomic E-state index is 1.16. The van der Waals surface area contributed by atoms with Gasteiger partial charge in [-0.05, 0) is 6.92 Å². The molecule has 126 valence electrons. The standard InChI is InChI=1S/C8H3F13/c1-2(9)4(11,12)6(15,16)3(10,8(19,20)21)7(17,18)5(2,13)14/h1H3. The van der Waals surface area contributed by atoms with E-state index in [-0.39, 0.29) is 0 Å². The number of rotatable bonds is 0. The molecule has 0 aromatic rings. The van der Waals surface area contributed by atoms with Crippen LogP contribution in [-0.4, -0.2) is 41.2 Å². The van der Waals surface area contributed by atoms with Gasteiger partial charge in [-0.1, -0.05) is 0 Å². The average molecular weight is 346 g/mol. The second-order valence-corrected chi connectivity index (χ2v) is 4.46. The van der Waals surface area contributed by atoms with E-state index in [1.165, 1.54) is 0 Å². The zero-order valence-electron chi connectivity index (χ0n) is 9.41. The van der Waals surface area contributed by atoms with E-state index in [1.807, 2.05) is 0 Å². The van der Waals surface area contributed by atoms with Crippen LogP contribution in [0, 0.1) is 0 Å². The summed E-state index contributed by atoms with van der Waals surface area (Å²) >= 11 is 0. The number of hydrogen-bond acceptors (Lipinski definition) is 0. The SMILES string of the molecule is CC1(F)C(F)(F)C(F)(F)C(F)(C(F)(F)F)C(F)(F)C1(F)F. The Morgan fingerprint density at radius 1 is 0.524 bits per heavy atom. The Labute approximate surface area is 106 Å². The van der Waals surface area contributed by atoms with Crippen molar-refractivity contribution in [3.05, 3.63) is 0 Å². The lowest BCUT2D eigenvalue weighted by molar-refractivity contribution is -0.495. The van der Waals surface area contributed by atoms with Crippen molar-refractivity contribution in [1.82, 2.24) is 0 Å². The van der Waals surface area contributed by atoms with Gasteiger partial charge in [0.2, 0.25) is 5.67 Å². The van der Waals surface area contributed by atoms with E-state index in [1.54, 1.807) is 0 Å². The molecule has 0 unspecified atom stereocenters. The molecule has 13 heteroatoms. The second-order valence-electron chi connectivity index (χ2n) is 4.46. The summed E-state index contributed by atoms with van der Waals surface area (Å²) in [4.78, 5) is 0. The summed E-state index contributed by atoms with van der Waals surface area (Å²) in [6.45, 7) is -1.16. The first-order chi connectivity index (χ1) is 8.75. The Hall–Kier alpha value is -0.910. The molecule has 0 heterocycles. The highest BCUT2D eigenvalue weighted by Gasteiger charge is 3.03. The normalized spacial score (nSPS) is 40.9. The molecule has 0 aromatic heterocycles. The molecule has 0 radical (unpaired) electrons. The Kier molecular flexibility index (Phi) is 3.20. The van der Waals surface area contributed by atoms with Crippen LogP contribution in [0.1, 0.15) is 6.92 Å². The summed E-state index contributed by atoms with van der Waals surface area (Å²) in [6.07, 6.45) is -7.54. The van der Waals surface area contributed by atoms with Crippen molar-refractivity contribution < 1.29 is 57.1 Å². The van der Waals surface area contributed by atoms with Gasteiger partial charge in [0, 0.05) is 0 Å². The van der Waals surface area contributed by atoms with Crippen molar-refractivity contribution in [1.29, 1.82) is 0 Å². The van der Waals surface area contributed by atoms with E-state index >= 15 is 0 Å².